The summed E-state index contributed by atoms with van der Waals surface area (Å²) < 4.78 is 42.9. The summed E-state index contributed by atoms with van der Waals surface area (Å²) in [4.78, 5) is 17.1. The predicted molar refractivity (Wildman–Crippen MR) is 87.2 cm³/mol. The van der Waals surface area contributed by atoms with Gasteiger partial charge in [0.05, 0.1) is 24.1 Å². The number of halogens is 3. The average molecular weight is 366 g/mol. The Balaban J connectivity index is 1.73. The molecule has 25 heavy (non-hydrogen) atoms. The minimum Gasteiger partial charge on any atom is -0.459 e. The third-order valence-electron chi connectivity index (χ3n) is 3.51. The van der Waals surface area contributed by atoms with Gasteiger partial charge in [-0.1, -0.05) is 12.1 Å². The molecule has 1 N–H and O–H groups in total. The van der Waals surface area contributed by atoms with Gasteiger partial charge in [0.2, 0.25) is 0 Å². The van der Waals surface area contributed by atoms with E-state index in [-0.39, 0.29) is 18.2 Å². The van der Waals surface area contributed by atoms with Crippen molar-refractivity contribution in [2.75, 3.05) is 0 Å². The number of benzene rings is 1. The Kier molecular flexibility index (Phi) is 4.63. The van der Waals surface area contributed by atoms with Crippen LogP contribution in [0.1, 0.15) is 26.7 Å². The van der Waals surface area contributed by atoms with Crippen LogP contribution in [0.3, 0.4) is 0 Å². The Bertz CT molecular complexity index is 868. The second-order valence-electron chi connectivity index (χ2n) is 5.26. The quantitative estimate of drug-likeness (QED) is 0.731. The molecule has 1 aromatic carbocycles. The maximum absolute atomic E-state index is 12.6. The predicted octanol–water partition coefficient (Wildman–Crippen LogP) is 4.66. The highest BCUT2D eigenvalue weighted by molar-refractivity contribution is 7.15. The molecule has 0 spiro atoms. The molecular formula is C17H13F3N2O2S. The van der Waals surface area contributed by atoms with Crippen LogP contribution in [0.4, 0.5) is 13.2 Å². The van der Waals surface area contributed by atoms with E-state index in [1.165, 1.54) is 29.7 Å². The fourth-order valence-electron chi connectivity index (χ4n) is 2.17. The number of furan rings is 1. The molecule has 0 saturated heterocycles. The number of hydrogen-bond donors (Lipinski definition) is 1. The van der Waals surface area contributed by atoms with Crippen LogP contribution in [0.25, 0.3) is 10.6 Å². The van der Waals surface area contributed by atoms with E-state index >= 15 is 0 Å². The Morgan fingerprint density at radius 2 is 1.96 bits per heavy atom. The lowest BCUT2D eigenvalue weighted by molar-refractivity contribution is -0.137. The molecule has 0 radical (unpaired) electrons. The molecule has 130 valence electrons. The van der Waals surface area contributed by atoms with Crippen LogP contribution in [0, 0.1) is 6.92 Å². The number of nitrogens with zero attached hydrogens (tertiary/aromatic N) is 1. The van der Waals surface area contributed by atoms with Crippen molar-refractivity contribution in [2.45, 2.75) is 19.6 Å². The van der Waals surface area contributed by atoms with E-state index in [0.717, 1.165) is 22.7 Å². The monoisotopic (exact) mass is 366 g/mol. The molecule has 0 aliphatic carbocycles. The first-order valence-electron chi connectivity index (χ1n) is 7.30. The van der Waals surface area contributed by atoms with Crippen molar-refractivity contribution >= 4 is 17.2 Å². The van der Waals surface area contributed by atoms with Gasteiger partial charge < -0.3 is 9.73 Å². The molecule has 2 heterocycles. The highest BCUT2D eigenvalue weighted by Crippen LogP contribution is 2.32. The number of carbonyl (C=O) groups is 1. The van der Waals surface area contributed by atoms with Crippen LogP contribution in [0.2, 0.25) is 0 Å². The molecule has 0 atom stereocenters. The Morgan fingerprint density at radius 1 is 1.24 bits per heavy atom. The van der Waals surface area contributed by atoms with Gasteiger partial charge in [-0.3, -0.25) is 4.79 Å². The van der Waals surface area contributed by atoms with E-state index < -0.39 is 11.7 Å². The van der Waals surface area contributed by atoms with E-state index in [1.54, 1.807) is 19.1 Å². The molecule has 0 aliphatic heterocycles. The number of aryl methyl sites for hydroxylation is 1. The standard InChI is InChI=1S/C17H13F3N2O2S/c1-10-14(9-21-15(23)13-3-2-8-24-13)25-16(22-10)11-4-6-12(7-5-11)17(18,19)20/h2-8H,9H2,1H3,(H,21,23). The maximum Gasteiger partial charge on any atom is 0.416 e. The molecule has 0 bridgehead atoms. The molecular weight excluding hydrogens is 353 g/mol. The van der Waals surface area contributed by atoms with Crippen molar-refractivity contribution in [3.63, 3.8) is 0 Å². The van der Waals surface area contributed by atoms with Crippen molar-refractivity contribution in [3.05, 3.63) is 64.6 Å². The number of alkyl halides is 3. The highest BCUT2D eigenvalue weighted by Gasteiger charge is 2.30. The lowest BCUT2D eigenvalue weighted by atomic mass is 10.1. The van der Waals surface area contributed by atoms with Gasteiger partial charge >= 0.3 is 6.18 Å². The molecule has 3 aromatic rings. The van der Waals surface area contributed by atoms with Gasteiger partial charge in [-0.15, -0.1) is 11.3 Å². The number of thiazole rings is 1. The molecule has 3 rings (SSSR count). The Morgan fingerprint density at radius 3 is 2.56 bits per heavy atom. The zero-order valence-corrected chi connectivity index (χ0v) is 13.9. The Hall–Kier alpha value is -2.61. The zero-order chi connectivity index (χ0) is 18.0. The van der Waals surface area contributed by atoms with E-state index in [1.807, 2.05) is 0 Å². The zero-order valence-electron chi connectivity index (χ0n) is 13.1. The minimum atomic E-state index is -4.36. The second kappa shape index (κ2) is 6.72. The van der Waals surface area contributed by atoms with Gasteiger partial charge in [-0.05, 0) is 31.2 Å². The first-order valence-corrected chi connectivity index (χ1v) is 8.12. The van der Waals surface area contributed by atoms with E-state index in [9.17, 15) is 18.0 Å². The molecule has 0 aliphatic rings. The number of nitrogens with one attached hydrogen (secondary N) is 1. The molecule has 2 aromatic heterocycles. The fraction of sp³-hybridized carbons (Fsp3) is 0.176. The largest absolute Gasteiger partial charge is 0.459 e. The van der Waals surface area contributed by atoms with Crippen LogP contribution in [0.15, 0.2) is 47.1 Å². The highest BCUT2D eigenvalue weighted by atomic mass is 32.1. The van der Waals surface area contributed by atoms with Crippen molar-refractivity contribution in [1.82, 2.24) is 10.3 Å². The molecule has 8 heteroatoms. The van der Waals surface area contributed by atoms with E-state index in [0.29, 0.717) is 10.6 Å². The summed E-state index contributed by atoms with van der Waals surface area (Å²) in [5, 5.41) is 3.33. The second-order valence-corrected chi connectivity index (χ2v) is 6.35. The molecule has 0 fully saturated rings. The molecule has 4 nitrogen and oxygen atoms in total. The van der Waals surface area contributed by atoms with Gasteiger partial charge in [-0.25, -0.2) is 4.98 Å². The van der Waals surface area contributed by atoms with Crippen LogP contribution < -0.4 is 5.32 Å². The summed E-state index contributed by atoms with van der Waals surface area (Å²) in [6, 6.07) is 8.03. The normalized spacial score (nSPS) is 11.5. The molecule has 1 amide bonds. The summed E-state index contributed by atoms with van der Waals surface area (Å²) in [5.74, 6) is -0.126. The number of carbonyl (C=O) groups excluding carboxylic acids is 1. The van der Waals surface area contributed by atoms with Crippen molar-refractivity contribution < 1.29 is 22.4 Å². The summed E-state index contributed by atoms with van der Waals surface area (Å²) >= 11 is 1.33. The van der Waals surface area contributed by atoms with Crippen LogP contribution in [-0.4, -0.2) is 10.9 Å². The minimum absolute atomic E-state index is 0.213. The Labute approximate surface area is 145 Å². The first kappa shape index (κ1) is 17.2. The molecule has 0 saturated carbocycles. The van der Waals surface area contributed by atoms with E-state index in [4.69, 9.17) is 4.42 Å². The first-order chi connectivity index (χ1) is 11.8. The smallest absolute Gasteiger partial charge is 0.416 e. The van der Waals surface area contributed by atoms with Crippen molar-refractivity contribution in [3.8, 4) is 10.6 Å². The van der Waals surface area contributed by atoms with Gasteiger partial charge in [0, 0.05) is 10.4 Å². The van der Waals surface area contributed by atoms with Gasteiger partial charge in [0.1, 0.15) is 5.01 Å². The van der Waals surface area contributed by atoms with Crippen molar-refractivity contribution in [2.24, 2.45) is 0 Å². The third-order valence-corrected chi connectivity index (χ3v) is 4.71. The van der Waals surface area contributed by atoms with Crippen LogP contribution in [0.5, 0.6) is 0 Å². The number of amides is 1. The van der Waals surface area contributed by atoms with Crippen molar-refractivity contribution in [1.29, 1.82) is 0 Å². The van der Waals surface area contributed by atoms with E-state index in [2.05, 4.69) is 10.3 Å². The lowest BCUT2D eigenvalue weighted by Gasteiger charge is -2.06. The fourth-order valence-corrected chi connectivity index (χ4v) is 3.18. The maximum atomic E-state index is 12.6. The third kappa shape index (κ3) is 3.90. The number of rotatable bonds is 4. The lowest BCUT2D eigenvalue weighted by Crippen LogP contribution is -2.22. The van der Waals surface area contributed by atoms with Crippen LogP contribution in [-0.2, 0) is 12.7 Å². The van der Waals surface area contributed by atoms with Gasteiger partial charge in [0.25, 0.3) is 5.91 Å². The van der Waals surface area contributed by atoms with Gasteiger partial charge in [-0.2, -0.15) is 13.2 Å². The summed E-state index contributed by atoms with van der Waals surface area (Å²) in [7, 11) is 0. The topological polar surface area (TPSA) is 55.1 Å². The van der Waals surface area contributed by atoms with Gasteiger partial charge in [0.15, 0.2) is 5.76 Å². The summed E-state index contributed by atoms with van der Waals surface area (Å²) in [6.07, 6.45) is -2.95. The summed E-state index contributed by atoms with van der Waals surface area (Å²) in [5.41, 5.74) is 0.625. The average Bonchev–Trinajstić information content (AvgIpc) is 3.22. The number of hydrogen-bond acceptors (Lipinski definition) is 4. The SMILES string of the molecule is Cc1nc(-c2ccc(C(F)(F)F)cc2)sc1CNC(=O)c1ccco1. The van der Waals surface area contributed by atoms with Crippen LogP contribution >= 0.6 is 11.3 Å². The number of aromatic nitrogens is 1. The molecule has 0 unspecified atom stereocenters. The summed E-state index contributed by atoms with van der Waals surface area (Å²) in [6.45, 7) is 2.06.